The van der Waals surface area contributed by atoms with Crippen LogP contribution in [0, 0.1) is 20.8 Å². The van der Waals surface area contributed by atoms with Crippen molar-refractivity contribution < 1.29 is 4.79 Å². The van der Waals surface area contributed by atoms with Crippen LogP contribution in [0.2, 0.25) is 0 Å². The van der Waals surface area contributed by atoms with Crippen molar-refractivity contribution in [1.82, 2.24) is 4.90 Å². The highest BCUT2D eigenvalue weighted by Crippen LogP contribution is 2.31. The predicted molar refractivity (Wildman–Crippen MR) is 104 cm³/mol. The zero-order chi connectivity index (χ0) is 17.8. The molecule has 3 nitrogen and oxygen atoms in total. The fraction of sp³-hybridized carbons (Fsp3) is 0.409. The van der Waals surface area contributed by atoms with Gasteiger partial charge in [-0.25, -0.2) is 4.79 Å². The summed E-state index contributed by atoms with van der Waals surface area (Å²) < 4.78 is 0. The molecule has 25 heavy (non-hydrogen) atoms. The van der Waals surface area contributed by atoms with Crippen molar-refractivity contribution in [3.8, 4) is 0 Å². The topological polar surface area (TPSA) is 32.3 Å². The Hall–Kier alpha value is -2.29. The summed E-state index contributed by atoms with van der Waals surface area (Å²) in [5.41, 5.74) is 5.74. The standard InChI is InChI=1S/C22H28N2O/c1-16-9-7-11-19(15-16)21-13-5-4-6-14-24(21)22(25)23-20-12-8-10-17(2)18(20)3/h7-12,15,21H,4-6,13-14H2,1-3H3,(H,23,25)/t21-/m0/s1. The number of amides is 2. The molecule has 2 amide bonds. The second-order valence-corrected chi connectivity index (χ2v) is 7.15. The van der Waals surface area contributed by atoms with Crippen LogP contribution in [0.4, 0.5) is 10.5 Å². The Kier molecular flexibility index (Phi) is 5.42. The maximum atomic E-state index is 13.1. The smallest absolute Gasteiger partial charge is 0.317 e. The quantitative estimate of drug-likeness (QED) is 0.743. The maximum absolute atomic E-state index is 13.1. The summed E-state index contributed by atoms with van der Waals surface area (Å²) in [6.07, 6.45) is 4.47. The minimum absolute atomic E-state index is 0.0158. The van der Waals surface area contributed by atoms with Gasteiger partial charge in [0.05, 0.1) is 6.04 Å². The highest BCUT2D eigenvalue weighted by molar-refractivity contribution is 5.90. The molecule has 132 valence electrons. The van der Waals surface area contributed by atoms with Crippen LogP contribution < -0.4 is 5.32 Å². The summed E-state index contributed by atoms with van der Waals surface area (Å²) in [6, 6.07) is 14.8. The maximum Gasteiger partial charge on any atom is 0.322 e. The third-order valence-corrected chi connectivity index (χ3v) is 5.29. The van der Waals surface area contributed by atoms with Gasteiger partial charge in [-0.05, 0) is 56.4 Å². The Balaban J connectivity index is 1.85. The Morgan fingerprint density at radius 2 is 1.84 bits per heavy atom. The van der Waals surface area contributed by atoms with Crippen LogP contribution in [0.5, 0.6) is 0 Å². The zero-order valence-corrected chi connectivity index (χ0v) is 15.5. The van der Waals surface area contributed by atoms with Crippen LogP contribution in [0.3, 0.4) is 0 Å². The summed E-state index contributed by atoms with van der Waals surface area (Å²) in [6.45, 7) is 7.06. The zero-order valence-electron chi connectivity index (χ0n) is 15.5. The molecule has 1 aliphatic rings. The minimum Gasteiger partial charge on any atom is -0.317 e. The highest BCUT2D eigenvalue weighted by Gasteiger charge is 2.27. The fourth-order valence-electron chi connectivity index (χ4n) is 3.65. The molecule has 2 aromatic rings. The minimum atomic E-state index is 0.0158. The fourth-order valence-corrected chi connectivity index (χ4v) is 3.65. The van der Waals surface area contributed by atoms with Gasteiger partial charge in [-0.1, -0.05) is 54.8 Å². The lowest BCUT2D eigenvalue weighted by molar-refractivity contribution is 0.189. The monoisotopic (exact) mass is 336 g/mol. The molecule has 1 atom stereocenters. The molecule has 0 saturated carbocycles. The van der Waals surface area contributed by atoms with E-state index in [4.69, 9.17) is 0 Å². The second-order valence-electron chi connectivity index (χ2n) is 7.15. The molecule has 3 rings (SSSR count). The summed E-state index contributed by atoms with van der Waals surface area (Å²) in [7, 11) is 0. The third-order valence-electron chi connectivity index (χ3n) is 5.29. The number of aryl methyl sites for hydroxylation is 2. The molecule has 0 radical (unpaired) electrons. The van der Waals surface area contributed by atoms with E-state index >= 15 is 0 Å². The second kappa shape index (κ2) is 7.73. The van der Waals surface area contributed by atoms with E-state index in [-0.39, 0.29) is 12.1 Å². The van der Waals surface area contributed by atoms with Gasteiger partial charge in [0.15, 0.2) is 0 Å². The number of rotatable bonds is 2. The first-order chi connectivity index (χ1) is 12.1. The van der Waals surface area contributed by atoms with Crippen LogP contribution in [0.25, 0.3) is 0 Å². The van der Waals surface area contributed by atoms with Gasteiger partial charge >= 0.3 is 6.03 Å². The predicted octanol–water partition coefficient (Wildman–Crippen LogP) is 5.76. The van der Waals surface area contributed by atoms with Crippen LogP contribution >= 0.6 is 0 Å². The van der Waals surface area contributed by atoms with Crippen molar-refractivity contribution >= 4 is 11.7 Å². The molecule has 1 saturated heterocycles. The molecule has 0 unspecified atom stereocenters. The van der Waals surface area contributed by atoms with Gasteiger partial charge in [-0.3, -0.25) is 0 Å². The van der Waals surface area contributed by atoms with Crippen LogP contribution in [0.1, 0.15) is 54.0 Å². The lowest BCUT2D eigenvalue weighted by Gasteiger charge is -2.31. The summed E-state index contributed by atoms with van der Waals surface area (Å²) >= 11 is 0. The van der Waals surface area contributed by atoms with E-state index in [2.05, 4.69) is 56.4 Å². The number of hydrogen-bond acceptors (Lipinski definition) is 1. The highest BCUT2D eigenvalue weighted by atomic mass is 16.2. The molecule has 0 bridgehead atoms. The molecular weight excluding hydrogens is 308 g/mol. The molecular formula is C22H28N2O. The summed E-state index contributed by atoms with van der Waals surface area (Å²) in [5.74, 6) is 0. The van der Waals surface area contributed by atoms with Crippen LogP contribution in [-0.4, -0.2) is 17.5 Å². The van der Waals surface area contributed by atoms with Crippen LogP contribution in [-0.2, 0) is 0 Å². The number of hydrogen-bond donors (Lipinski definition) is 1. The average molecular weight is 336 g/mol. The number of carbonyl (C=O) groups excluding carboxylic acids is 1. The molecule has 0 aliphatic carbocycles. The Labute approximate surface area is 151 Å². The van der Waals surface area contributed by atoms with E-state index in [9.17, 15) is 4.79 Å². The molecule has 0 spiro atoms. The lowest BCUT2D eigenvalue weighted by Crippen LogP contribution is -2.38. The largest absolute Gasteiger partial charge is 0.322 e. The number of carbonyl (C=O) groups is 1. The third kappa shape index (κ3) is 4.04. The van der Waals surface area contributed by atoms with Gasteiger partial charge < -0.3 is 10.2 Å². The van der Waals surface area contributed by atoms with Gasteiger partial charge in [-0.2, -0.15) is 0 Å². The average Bonchev–Trinajstić information content (AvgIpc) is 2.85. The normalized spacial score (nSPS) is 17.9. The van der Waals surface area contributed by atoms with Crippen LogP contribution in [0.15, 0.2) is 42.5 Å². The molecule has 1 fully saturated rings. The van der Waals surface area contributed by atoms with Gasteiger partial charge in [-0.15, -0.1) is 0 Å². The molecule has 0 aromatic heterocycles. The molecule has 1 heterocycles. The molecule has 2 aromatic carbocycles. The Morgan fingerprint density at radius 1 is 1.04 bits per heavy atom. The van der Waals surface area contributed by atoms with Crippen molar-refractivity contribution in [3.63, 3.8) is 0 Å². The summed E-state index contributed by atoms with van der Waals surface area (Å²) in [5, 5.41) is 3.15. The first-order valence-electron chi connectivity index (χ1n) is 9.26. The Bertz CT molecular complexity index is 753. The number of urea groups is 1. The first-order valence-corrected chi connectivity index (χ1v) is 9.26. The van der Waals surface area contributed by atoms with E-state index in [0.29, 0.717) is 0 Å². The van der Waals surface area contributed by atoms with E-state index in [1.54, 1.807) is 0 Å². The Morgan fingerprint density at radius 3 is 2.64 bits per heavy atom. The van der Waals surface area contributed by atoms with Gasteiger partial charge in [0.25, 0.3) is 0 Å². The van der Waals surface area contributed by atoms with Gasteiger partial charge in [0.1, 0.15) is 0 Å². The number of benzene rings is 2. The SMILES string of the molecule is Cc1cccc([C@@H]2CCCCCN2C(=O)Nc2cccc(C)c2C)c1. The molecule has 1 N–H and O–H groups in total. The number of nitrogens with zero attached hydrogens (tertiary/aromatic N) is 1. The summed E-state index contributed by atoms with van der Waals surface area (Å²) in [4.78, 5) is 15.1. The molecule has 3 heteroatoms. The van der Waals surface area contributed by atoms with Crippen molar-refractivity contribution in [3.05, 3.63) is 64.7 Å². The number of nitrogens with one attached hydrogen (secondary N) is 1. The number of likely N-dealkylation sites (tertiary alicyclic amines) is 1. The molecule has 1 aliphatic heterocycles. The van der Waals surface area contributed by atoms with Gasteiger partial charge in [0.2, 0.25) is 0 Å². The number of anilines is 1. The lowest BCUT2D eigenvalue weighted by atomic mass is 9.99. The van der Waals surface area contributed by atoms with E-state index in [1.807, 2.05) is 17.0 Å². The van der Waals surface area contributed by atoms with E-state index in [0.717, 1.165) is 30.6 Å². The van der Waals surface area contributed by atoms with Crippen molar-refractivity contribution in [2.24, 2.45) is 0 Å². The van der Waals surface area contributed by atoms with Crippen molar-refractivity contribution in [2.75, 3.05) is 11.9 Å². The van der Waals surface area contributed by atoms with E-state index < -0.39 is 0 Å². The first kappa shape index (κ1) is 17.5. The van der Waals surface area contributed by atoms with Crippen molar-refractivity contribution in [1.29, 1.82) is 0 Å². The van der Waals surface area contributed by atoms with E-state index in [1.165, 1.54) is 29.5 Å². The van der Waals surface area contributed by atoms with Crippen molar-refractivity contribution in [2.45, 2.75) is 52.5 Å². The van der Waals surface area contributed by atoms with Gasteiger partial charge in [0, 0.05) is 12.2 Å².